The minimum Gasteiger partial charge on any atom is -0.271 e. The molecule has 2 rings (SSSR count). The van der Waals surface area contributed by atoms with Crippen molar-refractivity contribution in [2.45, 2.75) is 32.7 Å². The number of aromatic nitrogens is 1. The number of hydrogen-bond donors (Lipinski definition) is 2. The molecule has 0 saturated carbocycles. The fourth-order valence-corrected chi connectivity index (χ4v) is 2.25. The highest BCUT2D eigenvalue weighted by atomic mass is 15.2. The quantitative estimate of drug-likeness (QED) is 0.627. The van der Waals surface area contributed by atoms with Crippen molar-refractivity contribution in [3.63, 3.8) is 0 Å². The first-order valence-corrected chi connectivity index (χ1v) is 6.50. The Morgan fingerprint density at radius 3 is 2.67 bits per heavy atom. The number of pyridine rings is 1. The summed E-state index contributed by atoms with van der Waals surface area (Å²) in [6, 6.07) is 12.7. The van der Waals surface area contributed by atoms with Crippen LogP contribution in [0.15, 0.2) is 36.4 Å². The smallest absolute Gasteiger partial charge is 0.0705 e. The summed E-state index contributed by atoms with van der Waals surface area (Å²) in [6.07, 6.45) is 1.94. The maximum Gasteiger partial charge on any atom is 0.0705 e. The van der Waals surface area contributed by atoms with E-state index in [4.69, 9.17) is 5.84 Å². The van der Waals surface area contributed by atoms with Gasteiger partial charge in [-0.05, 0) is 24.5 Å². The van der Waals surface area contributed by atoms with E-state index < -0.39 is 0 Å². The van der Waals surface area contributed by atoms with Crippen molar-refractivity contribution >= 4 is 10.9 Å². The molecule has 2 aromatic rings. The van der Waals surface area contributed by atoms with Crippen molar-refractivity contribution in [3.8, 4) is 0 Å². The molecule has 0 fully saturated rings. The second kappa shape index (κ2) is 5.94. The molecule has 1 atom stereocenters. The largest absolute Gasteiger partial charge is 0.271 e. The lowest BCUT2D eigenvalue weighted by Crippen LogP contribution is -2.37. The third-order valence-corrected chi connectivity index (χ3v) is 3.10. The number of nitrogens with one attached hydrogen (secondary N) is 1. The summed E-state index contributed by atoms with van der Waals surface area (Å²) >= 11 is 0. The highest BCUT2D eigenvalue weighted by molar-refractivity contribution is 5.78. The minimum absolute atomic E-state index is 0.290. The van der Waals surface area contributed by atoms with E-state index in [1.165, 1.54) is 5.39 Å². The van der Waals surface area contributed by atoms with Crippen molar-refractivity contribution in [1.29, 1.82) is 0 Å². The number of nitrogens with zero attached hydrogens (tertiary/aromatic N) is 1. The van der Waals surface area contributed by atoms with Crippen LogP contribution in [0, 0.1) is 5.92 Å². The Morgan fingerprint density at radius 1 is 1.17 bits per heavy atom. The highest BCUT2D eigenvalue weighted by Crippen LogP contribution is 2.14. The molecule has 0 radical (unpaired) electrons. The first-order valence-electron chi connectivity index (χ1n) is 6.50. The lowest BCUT2D eigenvalue weighted by atomic mass is 10.00. The lowest BCUT2D eigenvalue weighted by Gasteiger charge is -2.17. The van der Waals surface area contributed by atoms with Gasteiger partial charge in [-0.25, -0.2) is 0 Å². The molecule has 0 amide bonds. The van der Waals surface area contributed by atoms with Gasteiger partial charge in [-0.1, -0.05) is 38.1 Å². The zero-order valence-corrected chi connectivity index (χ0v) is 11.1. The molecule has 18 heavy (non-hydrogen) atoms. The van der Waals surface area contributed by atoms with E-state index in [9.17, 15) is 0 Å². The molecule has 0 saturated heterocycles. The Labute approximate surface area is 108 Å². The standard InChI is InChI=1S/C15H21N3/c1-11(2)9-14(18-16)10-13-8-7-12-5-3-4-6-15(12)17-13/h3-8,11,14,18H,9-10,16H2,1-2H3. The van der Waals surface area contributed by atoms with Gasteiger partial charge in [0, 0.05) is 23.5 Å². The molecule has 0 aliphatic heterocycles. The van der Waals surface area contributed by atoms with E-state index >= 15 is 0 Å². The first-order chi connectivity index (χ1) is 8.69. The summed E-state index contributed by atoms with van der Waals surface area (Å²) in [7, 11) is 0. The summed E-state index contributed by atoms with van der Waals surface area (Å²) in [5.41, 5.74) is 5.04. The summed E-state index contributed by atoms with van der Waals surface area (Å²) in [6.45, 7) is 4.41. The second-order valence-electron chi connectivity index (χ2n) is 5.19. The van der Waals surface area contributed by atoms with Crippen LogP contribution in [0.1, 0.15) is 26.0 Å². The van der Waals surface area contributed by atoms with Crippen LogP contribution in [0.4, 0.5) is 0 Å². The second-order valence-corrected chi connectivity index (χ2v) is 5.19. The third-order valence-electron chi connectivity index (χ3n) is 3.10. The minimum atomic E-state index is 0.290. The van der Waals surface area contributed by atoms with Crippen molar-refractivity contribution in [3.05, 3.63) is 42.1 Å². The molecule has 1 heterocycles. The molecule has 1 unspecified atom stereocenters. The van der Waals surface area contributed by atoms with Crippen LogP contribution >= 0.6 is 0 Å². The fourth-order valence-electron chi connectivity index (χ4n) is 2.25. The number of rotatable bonds is 5. The average molecular weight is 243 g/mol. The molecule has 1 aromatic heterocycles. The number of fused-ring (bicyclic) bond motifs is 1. The summed E-state index contributed by atoms with van der Waals surface area (Å²) < 4.78 is 0. The van der Waals surface area contributed by atoms with Gasteiger partial charge in [0.05, 0.1) is 5.52 Å². The first kappa shape index (κ1) is 13.0. The maximum atomic E-state index is 5.60. The molecule has 96 valence electrons. The topological polar surface area (TPSA) is 50.9 Å². The molecule has 3 heteroatoms. The fraction of sp³-hybridized carbons (Fsp3) is 0.400. The van der Waals surface area contributed by atoms with Gasteiger partial charge in [0.15, 0.2) is 0 Å². The Kier molecular flexibility index (Phi) is 4.28. The van der Waals surface area contributed by atoms with Crippen LogP contribution in [0.25, 0.3) is 10.9 Å². The monoisotopic (exact) mass is 243 g/mol. The van der Waals surface area contributed by atoms with Crippen LogP contribution in [-0.2, 0) is 6.42 Å². The molecule has 1 aromatic carbocycles. The van der Waals surface area contributed by atoms with Gasteiger partial charge >= 0.3 is 0 Å². The van der Waals surface area contributed by atoms with Crippen LogP contribution < -0.4 is 11.3 Å². The van der Waals surface area contributed by atoms with Gasteiger partial charge in [0.1, 0.15) is 0 Å². The number of nitrogens with two attached hydrogens (primary N) is 1. The van der Waals surface area contributed by atoms with Gasteiger partial charge in [-0.3, -0.25) is 16.3 Å². The lowest BCUT2D eigenvalue weighted by molar-refractivity contribution is 0.421. The Hall–Kier alpha value is -1.45. The molecule has 3 nitrogen and oxygen atoms in total. The summed E-state index contributed by atoms with van der Waals surface area (Å²) in [5, 5.41) is 1.18. The molecule has 0 bridgehead atoms. The average Bonchev–Trinajstić information content (AvgIpc) is 2.37. The van der Waals surface area contributed by atoms with Crippen molar-refractivity contribution < 1.29 is 0 Å². The van der Waals surface area contributed by atoms with E-state index in [0.717, 1.165) is 24.1 Å². The number of para-hydroxylation sites is 1. The van der Waals surface area contributed by atoms with Gasteiger partial charge in [0.2, 0.25) is 0 Å². The summed E-state index contributed by atoms with van der Waals surface area (Å²) in [4.78, 5) is 4.67. The van der Waals surface area contributed by atoms with Crippen LogP contribution in [0.2, 0.25) is 0 Å². The van der Waals surface area contributed by atoms with Gasteiger partial charge < -0.3 is 0 Å². The highest BCUT2D eigenvalue weighted by Gasteiger charge is 2.10. The molecule has 0 aliphatic carbocycles. The van der Waals surface area contributed by atoms with E-state index in [1.54, 1.807) is 0 Å². The van der Waals surface area contributed by atoms with E-state index in [-0.39, 0.29) is 0 Å². The predicted octanol–water partition coefficient (Wildman–Crippen LogP) is 2.66. The van der Waals surface area contributed by atoms with Gasteiger partial charge in [-0.2, -0.15) is 0 Å². The normalized spacial score (nSPS) is 13.1. The van der Waals surface area contributed by atoms with Crippen molar-refractivity contribution in [1.82, 2.24) is 10.4 Å². The van der Waals surface area contributed by atoms with Gasteiger partial charge in [-0.15, -0.1) is 0 Å². The Balaban J connectivity index is 2.15. The van der Waals surface area contributed by atoms with E-state index in [0.29, 0.717) is 12.0 Å². The SMILES string of the molecule is CC(C)CC(Cc1ccc2ccccc2n1)NN. The zero-order chi connectivity index (χ0) is 13.0. The van der Waals surface area contributed by atoms with Gasteiger partial charge in [0.25, 0.3) is 0 Å². The molecule has 0 aliphatic rings. The molecule has 0 spiro atoms. The number of hydrazine groups is 1. The predicted molar refractivity (Wildman–Crippen MR) is 76.0 cm³/mol. The molecule has 3 N–H and O–H groups in total. The summed E-state index contributed by atoms with van der Waals surface area (Å²) in [5.74, 6) is 6.23. The maximum absolute atomic E-state index is 5.60. The molecular formula is C15H21N3. The van der Waals surface area contributed by atoms with Crippen LogP contribution in [0.5, 0.6) is 0 Å². The van der Waals surface area contributed by atoms with E-state index in [2.05, 4.69) is 42.5 Å². The third kappa shape index (κ3) is 3.28. The molecular weight excluding hydrogens is 222 g/mol. The zero-order valence-electron chi connectivity index (χ0n) is 11.1. The van der Waals surface area contributed by atoms with Crippen molar-refractivity contribution in [2.24, 2.45) is 11.8 Å². The van der Waals surface area contributed by atoms with E-state index in [1.807, 2.05) is 18.2 Å². The number of benzene rings is 1. The number of hydrogen-bond acceptors (Lipinski definition) is 3. The van der Waals surface area contributed by atoms with Crippen LogP contribution in [-0.4, -0.2) is 11.0 Å². The Morgan fingerprint density at radius 2 is 1.94 bits per heavy atom. The van der Waals surface area contributed by atoms with Crippen LogP contribution in [0.3, 0.4) is 0 Å². The Bertz CT molecular complexity index is 508. The van der Waals surface area contributed by atoms with Crippen molar-refractivity contribution in [2.75, 3.05) is 0 Å².